The van der Waals surface area contributed by atoms with Crippen molar-refractivity contribution in [1.29, 1.82) is 0 Å². The van der Waals surface area contributed by atoms with E-state index in [0.29, 0.717) is 0 Å². The van der Waals surface area contributed by atoms with E-state index in [2.05, 4.69) is 119 Å². The fourth-order valence-electron chi connectivity index (χ4n) is 4.48. The predicted octanol–water partition coefficient (Wildman–Crippen LogP) is 8.75. The number of hydrogen-bond donors (Lipinski definition) is 1. The molecular formula is C26H53IO2Si4. The lowest BCUT2D eigenvalue weighted by Gasteiger charge is -2.49. The van der Waals surface area contributed by atoms with E-state index in [1.807, 2.05) is 0 Å². The molecule has 192 valence electrons. The molecule has 1 rings (SSSR count). The summed E-state index contributed by atoms with van der Waals surface area (Å²) >= 11 is 2.59. The van der Waals surface area contributed by atoms with E-state index in [9.17, 15) is 5.11 Å². The van der Waals surface area contributed by atoms with Gasteiger partial charge in [-0.2, -0.15) is 0 Å². The third kappa shape index (κ3) is 9.28. The Labute approximate surface area is 223 Å². The topological polar surface area (TPSA) is 29.5 Å². The fraction of sp³-hybridized carbons (Fsp3) is 0.769. The lowest BCUT2D eigenvalue weighted by atomic mass is 10.0. The van der Waals surface area contributed by atoms with Crippen molar-refractivity contribution in [3.05, 3.63) is 31.8 Å². The van der Waals surface area contributed by atoms with Crippen molar-refractivity contribution in [2.24, 2.45) is 0 Å². The average molecular weight is 637 g/mol. The van der Waals surface area contributed by atoms with Gasteiger partial charge in [0.1, 0.15) is 0 Å². The van der Waals surface area contributed by atoms with Crippen molar-refractivity contribution in [2.45, 2.75) is 122 Å². The third-order valence-electron chi connectivity index (χ3n) is 7.15. The minimum atomic E-state index is -1.73. The molecular weight excluding hydrogens is 584 g/mol. The van der Waals surface area contributed by atoms with Crippen molar-refractivity contribution < 1.29 is 9.84 Å². The van der Waals surface area contributed by atoms with Crippen LogP contribution in [-0.4, -0.2) is 55.3 Å². The first-order chi connectivity index (χ1) is 14.7. The molecule has 1 heterocycles. The normalized spacial score (nSPS) is 24.9. The van der Waals surface area contributed by atoms with Gasteiger partial charge >= 0.3 is 0 Å². The van der Waals surface area contributed by atoms with Crippen molar-refractivity contribution in [2.75, 3.05) is 6.61 Å². The maximum absolute atomic E-state index is 11.1. The van der Waals surface area contributed by atoms with Crippen LogP contribution in [0.2, 0.25) is 78.6 Å². The monoisotopic (exact) mass is 636 g/mol. The molecule has 0 aromatic rings. The molecule has 1 saturated heterocycles. The average Bonchev–Trinajstić information content (AvgIpc) is 2.61. The summed E-state index contributed by atoms with van der Waals surface area (Å²) in [5.74, 6) is 0. The second kappa shape index (κ2) is 11.9. The molecule has 2 nitrogen and oxygen atoms in total. The van der Waals surface area contributed by atoms with Gasteiger partial charge in [-0.1, -0.05) is 130 Å². The van der Waals surface area contributed by atoms with Gasteiger partial charge in [-0.25, -0.2) is 0 Å². The van der Waals surface area contributed by atoms with Gasteiger partial charge in [0.05, 0.1) is 43.6 Å². The summed E-state index contributed by atoms with van der Waals surface area (Å²) in [5, 5.41) is 14.0. The highest BCUT2D eigenvalue weighted by Gasteiger charge is 2.50. The van der Waals surface area contributed by atoms with Gasteiger partial charge in [0.25, 0.3) is 0 Å². The van der Waals surface area contributed by atoms with E-state index in [1.54, 1.807) is 13.6 Å². The van der Waals surface area contributed by atoms with Crippen molar-refractivity contribution in [3.8, 4) is 0 Å². The van der Waals surface area contributed by atoms with Crippen LogP contribution in [0.25, 0.3) is 0 Å². The molecule has 2 atom stereocenters. The molecule has 1 aliphatic rings. The number of ether oxygens (including phenoxy) is 1. The van der Waals surface area contributed by atoms with E-state index < -0.39 is 32.3 Å². The maximum Gasteiger partial charge on any atom is 0.0865 e. The molecule has 0 aliphatic carbocycles. The second-order valence-electron chi connectivity index (χ2n) is 14.0. The first-order valence-electron chi connectivity index (χ1n) is 12.8. The van der Waals surface area contributed by atoms with Crippen molar-refractivity contribution in [3.63, 3.8) is 0 Å². The fourth-order valence-corrected chi connectivity index (χ4v) is 10.7. The first kappa shape index (κ1) is 31.8. The van der Waals surface area contributed by atoms with E-state index in [0.717, 1.165) is 38.7 Å². The zero-order chi connectivity index (χ0) is 25.9. The third-order valence-corrected chi connectivity index (χ3v) is 22.0. The smallest absolute Gasteiger partial charge is 0.0865 e. The Morgan fingerprint density at radius 3 is 1.73 bits per heavy atom. The van der Waals surface area contributed by atoms with Crippen LogP contribution < -0.4 is 0 Å². The second-order valence-corrected chi connectivity index (χ2v) is 36.9. The molecule has 7 heteroatoms. The summed E-state index contributed by atoms with van der Waals surface area (Å²) in [6, 6.07) is 0. The largest absolute Gasteiger partial charge is 0.390 e. The Bertz CT molecular complexity index is 746. The van der Waals surface area contributed by atoms with Gasteiger partial charge in [0.15, 0.2) is 0 Å². The summed E-state index contributed by atoms with van der Waals surface area (Å²) in [5.41, 5.74) is 0. The number of allylic oxidation sites excluding steroid dienone is 4. The minimum absolute atomic E-state index is 0.334. The van der Waals surface area contributed by atoms with Crippen LogP contribution in [-0.2, 0) is 4.74 Å². The SMILES string of the molecule is C[Si](C)(C)/C(=C\C[C@]1([Si](C)(C)C)OCCC[C@H]1O)C/C=C(/C/C=C(/I)[Si](C)(C)C)[Si](C)(C)C. The molecule has 0 unspecified atom stereocenters. The highest BCUT2D eigenvalue weighted by molar-refractivity contribution is 14.1. The number of rotatable bonds is 10. The molecule has 0 aromatic carbocycles. The van der Waals surface area contributed by atoms with Crippen LogP contribution in [0.4, 0.5) is 0 Å². The Kier molecular flexibility index (Phi) is 11.4. The van der Waals surface area contributed by atoms with E-state index in [4.69, 9.17) is 4.74 Å². The minimum Gasteiger partial charge on any atom is -0.390 e. The molecule has 1 aliphatic heterocycles. The quantitative estimate of drug-likeness (QED) is 0.192. The first-order valence-corrected chi connectivity index (χ1v) is 27.9. The predicted molar refractivity (Wildman–Crippen MR) is 169 cm³/mol. The molecule has 33 heavy (non-hydrogen) atoms. The zero-order valence-corrected chi connectivity index (χ0v) is 29.9. The molecule has 0 spiro atoms. The maximum atomic E-state index is 11.1. The summed E-state index contributed by atoms with van der Waals surface area (Å²) in [6.45, 7) is 30.0. The summed E-state index contributed by atoms with van der Waals surface area (Å²) in [6.07, 6.45) is 12.2. The number of aliphatic hydroxyl groups is 1. The molecule has 1 fully saturated rings. The molecule has 0 radical (unpaired) electrons. The van der Waals surface area contributed by atoms with Crippen molar-refractivity contribution >= 4 is 54.9 Å². The van der Waals surface area contributed by atoms with E-state index in [1.165, 1.54) is 0 Å². The Morgan fingerprint density at radius 2 is 1.30 bits per heavy atom. The Hall–Kier alpha value is 0.738. The van der Waals surface area contributed by atoms with Crippen LogP contribution in [0.1, 0.15) is 32.1 Å². The van der Waals surface area contributed by atoms with Crippen molar-refractivity contribution in [1.82, 2.24) is 0 Å². The van der Waals surface area contributed by atoms with Gasteiger partial charge in [-0.15, -0.1) is 0 Å². The van der Waals surface area contributed by atoms with Crippen LogP contribution in [0.15, 0.2) is 31.8 Å². The summed E-state index contributed by atoms with van der Waals surface area (Å²) in [7, 11) is -5.83. The number of halogens is 1. The van der Waals surface area contributed by atoms with E-state index in [-0.39, 0.29) is 11.3 Å². The zero-order valence-electron chi connectivity index (χ0n) is 23.8. The highest BCUT2D eigenvalue weighted by Crippen LogP contribution is 2.39. The van der Waals surface area contributed by atoms with Gasteiger partial charge in [-0.3, -0.25) is 0 Å². The Morgan fingerprint density at radius 1 is 0.818 bits per heavy atom. The van der Waals surface area contributed by atoms with Crippen LogP contribution >= 0.6 is 22.6 Å². The van der Waals surface area contributed by atoms with Gasteiger partial charge in [0, 0.05) is 6.61 Å². The summed E-state index contributed by atoms with van der Waals surface area (Å²) in [4.78, 5) is 0. The molecule has 0 bridgehead atoms. The Balaban J connectivity index is 3.29. The molecule has 0 aromatic heterocycles. The highest BCUT2D eigenvalue weighted by atomic mass is 127. The van der Waals surface area contributed by atoms with Gasteiger partial charge in [0.2, 0.25) is 0 Å². The lowest BCUT2D eigenvalue weighted by molar-refractivity contribution is -0.108. The van der Waals surface area contributed by atoms with E-state index >= 15 is 0 Å². The molecule has 0 saturated carbocycles. The van der Waals surface area contributed by atoms with Gasteiger partial charge < -0.3 is 9.84 Å². The number of aliphatic hydroxyl groups excluding tert-OH is 1. The molecule has 1 N–H and O–H groups in total. The standard InChI is InChI=1S/C26H53IO2Si4/c1-30(2,3)22(17-18-25(27)32(7,8)9)15-16-23(31(4,5)6)19-20-26(33(10,11)12)24(28)14-13-21-29-26/h15,18-19,24,28H,13-14,16-17,20-21H2,1-12H3/b22-15-,23-19-,25-18-/t24-,26-/m1/s1. The number of hydrogen-bond acceptors (Lipinski definition) is 2. The van der Waals surface area contributed by atoms with Crippen LogP contribution in [0.3, 0.4) is 0 Å². The molecule has 0 amide bonds. The van der Waals surface area contributed by atoms with Crippen LogP contribution in [0.5, 0.6) is 0 Å². The summed E-state index contributed by atoms with van der Waals surface area (Å²) < 4.78 is 8.04. The lowest BCUT2D eigenvalue weighted by Crippen LogP contribution is -2.63. The van der Waals surface area contributed by atoms with Gasteiger partial charge in [-0.05, 0) is 35.3 Å². The van der Waals surface area contributed by atoms with Crippen LogP contribution in [0, 0.1) is 0 Å².